The maximum Gasteiger partial charge on any atom is 0.243 e. The molecular weight excluding hydrogens is 284 g/mol. The highest BCUT2D eigenvalue weighted by Gasteiger charge is 2.28. The summed E-state index contributed by atoms with van der Waals surface area (Å²) in [7, 11) is -1.85. The topological polar surface area (TPSA) is 63.4 Å². The molecule has 1 rings (SSSR count). The van der Waals surface area contributed by atoms with Crippen molar-refractivity contribution in [3.05, 3.63) is 23.3 Å². The van der Waals surface area contributed by atoms with Crippen LogP contribution in [0.1, 0.15) is 51.7 Å². The van der Waals surface area contributed by atoms with Gasteiger partial charge in [0.15, 0.2) is 0 Å². The second-order valence-corrected chi connectivity index (χ2v) is 7.49. The van der Waals surface area contributed by atoms with Gasteiger partial charge < -0.3 is 5.73 Å². The molecule has 0 heterocycles. The van der Waals surface area contributed by atoms with Crippen LogP contribution in [-0.2, 0) is 22.9 Å². The van der Waals surface area contributed by atoms with E-state index < -0.39 is 10.0 Å². The smallest absolute Gasteiger partial charge is 0.243 e. The first-order valence-electron chi connectivity index (χ1n) is 7.68. The fourth-order valence-electron chi connectivity index (χ4n) is 2.53. The van der Waals surface area contributed by atoms with Gasteiger partial charge in [0, 0.05) is 18.8 Å². The van der Waals surface area contributed by atoms with E-state index in [1.54, 1.807) is 13.1 Å². The molecule has 0 radical (unpaired) electrons. The van der Waals surface area contributed by atoms with Crippen molar-refractivity contribution < 1.29 is 8.42 Å². The van der Waals surface area contributed by atoms with Crippen molar-refractivity contribution in [2.24, 2.45) is 0 Å². The van der Waals surface area contributed by atoms with Crippen LogP contribution in [0.4, 0.5) is 5.69 Å². The average Bonchev–Trinajstić information content (AvgIpc) is 2.45. The van der Waals surface area contributed by atoms with Crippen molar-refractivity contribution in [1.82, 2.24) is 4.31 Å². The zero-order valence-electron chi connectivity index (χ0n) is 13.8. The highest BCUT2D eigenvalue weighted by molar-refractivity contribution is 7.89. The second-order valence-electron chi connectivity index (χ2n) is 5.53. The first kappa shape index (κ1) is 18.0. The molecule has 0 amide bonds. The van der Waals surface area contributed by atoms with Crippen LogP contribution >= 0.6 is 0 Å². The van der Waals surface area contributed by atoms with Gasteiger partial charge in [-0.3, -0.25) is 0 Å². The summed E-state index contributed by atoms with van der Waals surface area (Å²) in [5.41, 5.74) is 8.32. The number of nitrogens with zero attached hydrogens (tertiary/aromatic N) is 1. The van der Waals surface area contributed by atoms with E-state index in [4.69, 9.17) is 5.73 Å². The van der Waals surface area contributed by atoms with Gasteiger partial charge in [0.25, 0.3) is 0 Å². The number of aryl methyl sites for hydroxylation is 1. The van der Waals surface area contributed by atoms with E-state index in [1.807, 2.05) is 26.8 Å². The number of rotatable bonds is 7. The van der Waals surface area contributed by atoms with Crippen LogP contribution in [0, 0.1) is 0 Å². The van der Waals surface area contributed by atoms with Gasteiger partial charge in [-0.2, -0.15) is 4.31 Å². The molecule has 0 saturated carbocycles. The molecule has 1 atom stereocenters. The van der Waals surface area contributed by atoms with Crippen LogP contribution in [0.25, 0.3) is 0 Å². The zero-order chi connectivity index (χ0) is 16.2. The summed E-state index contributed by atoms with van der Waals surface area (Å²) < 4.78 is 27.3. The molecule has 0 aromatic heterocycles. The summed E-state index contributed by atoms with van der Waals surface area (Å²) in [5.74, 6) is 0. The largest absolute Gasteiger partial charge is 0.398 e. The summed E-state index contributed by atoms with van der Waals surface area (Å²) in [6.07, 6.45) is 3.18. The van der Waals surface area contributed by atoms with Gasteiger partial charge in [-0.1, -0.05) is 27.2 Å². The van der Waals surface area contributed by atoms with Crippen LogP contribution in [0.3, 0.4) is 0 Å². The Balaban J connectivity index is 3.39. The van der Waals surface area contributed by atoms with Crippen molar-refractivity contribution in [2.45, 2.75) is 64.3 Å². The van der Waals surface area contributed by atoms with Crippen LogP contribution in [0.2, 0.25) is 0 Å². The maximum absolute atomic E-state index is 12.9. The van der Waals surface area contributed by atoms with Crippen molar-refractivity contribution >= 4 is 15.7 Å². The Morgan fingerprint density at radius 1 is 1.19 bits per heavy atom. The molecule has 1 unspecified atom stereocenters. The minimum Gasteiger partial charge on any atom is -0.398 e. The summed E-state index contributed by atoms with van der Waals surface area (Å²) in [6.45, 7) is 7.94. The van der Waals surface area contributed by atoms with Gasteiger partial charge >= 0.3 is 0 Å². The lowest BCUT2D eigenvalue weighted by atomic mass is 10.1. The maximum atomic E-state index is 12.9. The minimum atomic E-state index is -3.50. The van der Waals surface area contributed by atoms with Crippen LogP contribution in [-0.4, -0.2) is 25.8 Å². The normalized spacial score (nSPS) is 13.6. The minimum absolute atomic E-state index is 0.0174. The molecule has 0 aliphatic carbocycles. The van der Waals surface area contributed by atoms with Crippen molar-refractivity contribution in [1.29, 1.82) is 0 Å². The Hall–Kier alpha value is -1.07. The summed E-state index contributed by atoms with van der Waals surface area (Å²) in [6, 6.07) is 3.64. The van der Waals surface area contributed by atoms with E-state index in [1.165, 1.54) is 4.31 Å². The first-order valence-corrected chi connectivity index (χ1v) is 9.12. The second kappa shape index (κ2) is 7.27. The molecule has 5 heteroatoms. The monoisotopic (exact) mass is 312 g/mol. The lowest BCUT2D eigenvalue weighted by Gasteiger charge is -2.26. The van der Waals surface area contributed by atoms with E-state index in [0.717, 1.165) is 30.4 Å². The van der Waals surface area contributed by atoms with Gasteiger partial charge in [0.1, 0.15) is 0 Å². The standard InChI is InChI=1S/C16H28N2O2S/c1-6-9-12(4)18(5)21(19,20)16-11-13(7-2)10-15(17)14(16)8-3/h10-12H,6-9,17H2,1-5H3. The van der Waals surface area contributed by atoms with E-state index in [0.29, 0.717) is 17.0 Å². The first-order chi connectivity index (χ1) is 9.79. The fourth-order valence-corrected chi connectivity index (χ4v) is 4.29. The predicted molar refractivity (Wildman–Crippen MR) is 88.9 cm³/mol. The molecule has 21 heavy (non-hydrogen) atoms. The Bertz CT molecular complexity index is 582. The zero-order valence-corrected chi connectivity index (χ0v) is 14.6. The number of nitrogen functional groups attached to an aromatic ring is 1. The summed E-state index contributed by atoms with van der Waals surface area (Å²) in [5, 5.41) is 0. The van der Waals surface area contributed by atoms with E-state index >= 15 is 0 Å². The van der Waals surface area contributed by atoms with E-state index in [-0.39, 0.29) is 6.04 Å². The number of anilines is 1. The lowest BCUT2D eigenvalue weighted by Crippen LogP contribution is -2.35. The van der Waals surface area contributed by atoms with Gasteiger partial charge in [-0.25, -0.2) is 8.42 Å². The van der Waals surface area contributed by atoms with Crippen molar-refractivity contribution in [2.75, 3.05) is 12.8 Å². The quantitative estimate of drug-likeness (QED) is 0.786. The summed E-state index contributed by atoms with van der Waals surface area (Å²) >= 11 is 0. The number of benzene rings is 1. The molecule has 0 bridgehead atoms. The van der Waals surface area contributed by atoms with Gasteiger partial charge in [0.05, 0.1) is 4.90 Å². The fraction of sp³-hybridized carbons (Fsp3) is 0.625. The molecule has 0 aliphatic rings. The molecular formula is C16H28N2O2S. The predicted octanol–water partition coefficient (Wildman–Crippen LogP) is 3.20. The highest BCUT2D eigenvalue weighted by Crippen LogP contribution is 2.28. The molecule has 2 N–H and O–H groups in total. The Morgan fingerprint density at radius 3 is 2.29 bits per heavy atom. The Kier molecular flexibility index (Phi) is 6.23. The molecule has 0 saturated heterocycles. The van der Waals surface area contributed by atoms with Crippen LogP contribution in [0.5, 0.6) is 0 Å². The third kappa shape index (κ3) is 3.77. The van der Waals surface area contributed by atoms with Gasteiger partial charge in [0.2, 0.25) is 10.0 Å². The molecule has 120 valence electrons. The Labute approximate surface area is 129 Å². The Morgan fingerprint density at radius 2 is 1.81 bits per heavy atom. The molecule has 1 aromatic carbocycles. The van der Waals surface area contributed by atoms with Crippen molar-refractivity contribution in [3.8, 4) is 0 Å². The SMILES string of the molecule is CCCC(C)N(C)S(=O)(=O)c1cc(CC)cc(N)c1CC. The molecule has 4 nitrogen and oxygen atoms in total. The van der Waals surface area contributed by atoms with E-state index in [2.05, 4.69) is 6.92 Å². The lowest BCUT2D eigenvalue weighted by molar-refractivity contribution is 0.368. The molecule has 0 spiro atoms. The average molecular weight is 312 g/mol. The van der Waals surface area contributed by atoms with Crippen LogP contribution < -0.4 is 5.73 Å². The number of hydrogen-bond donors (Lipinski definition) is 1. The van der Waals surface area contributed by atoms with Crippen molar-refractivity contribution in [3.63, 3.8) is 0 Å². The third-order valence-corrected chi connectivity index (χ3v) is 6.09. The number of nitrogens with two attached hydrogens (primary N) is 1. The molecule has 0 aliphatic heterocycles. The van der Waals surface area contributed by atoms with E-state index in [9.17, 15) is 8.42 Å². The number of sulfonamides is 1. The highest BCUT2D eigenvalue weighted by atomic mass is 32.2. The van der Waals surface area contributed by atoms with Crippen LogP contribution in [0.15, 0.2) is 17.0 Å². The van der Waals surface area contributed by atoms with Gasteiger partial charge in [-0.15, -0.1) is 0 Å². The summed E-state index contributed by atoms with van der Waals surface area (Å²) in [4.78, 5) is 0.368. The number of hydrogen-bond acceptors (Lipinski definition) is 3. The molecule has 0 fully saturated rings. The molecule has 1 aromatic rings. The van der Waals surface area contributed by atoms with Gasteiger partial charge in [-0.05, 0) is 49.4 Å². The third-order valence-electron chi connectivity index (χ3n) is 4.05.